The molecule has 0 radical (unpaired) electrons. The Bertz CT molecular complexity index is 1180. The number of rotatable bonds is 40. The molecule has 0 bridgehead atoms. The minimum absolute atomic E-state index is 0.00367. The summed E-state index contributed by atoms with van der Waals surface area (Å²) < 4.78 is 33.4. The Kier molecular flexibility index (Phi) is 39.7. The Hall–Kier alpha value is -2.55. The fraction of sp³-hybridized carbons (Fsp3) is 0.702. The maximum atomic E-state index is 12.7. The summed E-state index contributed by atoms with van der Waals surface area (Å²) in [5, 5.41) is 0. The summed E-state index contributed by atoms with van der Waals surface area (Å²) in [6, 6.07) is 0. The molecule has 0 heterocycles. The number of allylic oxidation sites excluding steroid dienone is 12. The largest absolute Gasteiger partial charge is 0.472 e. The summed E-state index contributed by atoms with van der Waals surface area (Å²) in [5.74, 6) is -0.861. The highest BCUT2D eigenvalue weighted by atomic mass is 31.2. The predicted octanol–water partition coefficient (Wildman–Crippen LogP) is 12.9. The van der Waals surface area contributed by atoms with Gasteiger partial charge in [-0.25, -0.2) is 4.57 Å². The van der Waals surface area contributed by atoms with Gasteiger partial charge >= 0.3 is 19.8 Å². The van der Waals surface area contributed by atoms with E-state index in [9.17, 15) is 19.0 Å². The Morgan fingerprint density at radius 1 is 0.561 bits per heavy atom. The minimum Gasteiger partial charge on any atom is -0.462 e. The number of unbranched alkanes of at least 4 members (excludes halogenated alkanes) is 14. The van der Waals surface area contributed by atoms with Gasteiger partial charge in [0.05, 0.1) is 13.2 Å². The maximum Gasteiger partial charge on any atom is 0.472 e. The first-order valence-electron chi connectivity index (χ1n) is 22.2. The number of hydrogen-bond acceptors (Lipinski definition) is 8. The van der Waals surface area contributed by atoms with Crippen LogP contribution in [0.25, 0.3) is 0 Å². The average Bonchev–Trinajstić information content (AvgIpc) is 3.18. The van der Waals surface area contributed by atoms with Crippen LogP contribution in [0.3, 0.4) is 0 Å². The number of carbonyl (C=O) groups excluding carboxylic acids is 2. The topological polar surface area (TPSA) is 112 Å². The minimum atomic E-state index is -4.38. The van der Waals surface area contributed by atoms with Gasteiger partial charge in [0.15, 0.2) is 6.10 Å². The standard InChI is InChI=1S/C47H82NO8P/c1-5-7-9-11-13-15-17-19-21-22-23-24-26-28-30-32-34-36-38-40-47(50)56-45(44-55-57(51,52)54-42-41-48(3)4)43-53-46(49)39-37-35-33-31-29-27-25-20-18-16-14-12-10-8-6-2/h8,10,13-16,19-21,25,29,31,45H,5-7,9,11-12,17-18,22-24,26-28,30,32-44H2,1-4H3,(H,51,52)/b10-8-,15-13-,16-14-,21-19-,25-20-,31-29-. The van der Waals surface area contributed by atoms with E-state index in [2.05, 4.69) is 86.8 Å². The lowest BCUT2D eigenvalue weighted by Gasteiger charge is -2.20. The molecule has 0 aromatic heterocycles. The van der Waals surface area contributed by atoms with Gasteiger partial charge in [0.1, 0.15) is 6.61 Å². The van der Waals surface area contributed by atoms with Crippen LogP contribution >= 0.6 is 7.82 Å². The second-order valence-electron chi connectivity index (χ2n) is 14.8. The van der Waals surface area contributed by atoms with E-state index in [0.29, 0.717) is 19.4 Å². The van der Waals surface area contributed by atoms with Gasteiger partial charge in [-0.1, -0.05) is 145 Å². The van der Waals surface area contributed by atoms with Gasteiger partial charge in [0, 0.05) is 19.4 Å². The fourth-order valence-electron chi connectivity index (χ4n) is 5.59. The first-order chi connectivity index (χ1) is 27.7. The second kappa shape index (κ2) is 41.6. The summed E-state index contributed by atoms with van der Waals surface area (Å²) in [6.07, 6.45) is 49.5. The van der Waals surface area contributed by atoms with E-state index in [0.717, 1.165) is 70.6 Å². The molecule has 0 fully saturated rings. The Labute approximate surface area is 348 Å². The van der Waals surface area contributed by atoms with Crippen LogP contribution in [0.5, 0.6) is 0 Å². The lowest BCUT2D eigenvalue weighted by atomic mass is 10.1. The zero-order chi connectivity index (χ0) is 41.9. The van der Waals surface area contributed by atoms with Crippen LogP contribution in [0.2, 0.25) is 0 Å². The summed E-state index contributed by atoms with van der Waals surface area (Å²) in [7, 11) is -0.741. The highest BCUT2D eigenvalue weighted by Gasteiger charge is 2.26. The molecule has 0 aromatic carbocycles. The van der Waals surface area contributed by atoms with Crippen LogP contribution in [0, 0.1) is 0 Å². The lowest BCUT2D eigenvalue weighted by Crippen LogP contribution is -2.29. The lowest BCUT2D eigenvalue weighted by molar-refractivity contribution is -0.161. The number of carbonyl (C=O) groups is 2. The summed E-state index contributed by atoms with van der Waals surface area (Å²) in [5.41, 5.74) is 0. The summed E-state index contributed by atoms with van der Waals surface area (Å²) in [4.78, 5) is 37.0. The van der Waals surface area contributed by atoms with Crippen molar-refractivity contribution in [2.45, 2.75) is 174 Å². The first kappa shape index (κ1) is 54.5. The number of esters is 2. The van der Waals surface area contributed by atoms with Crippen LogP contribution in [0.15, 0.2) is 72.9 Å². The fourth-order valence-corrected chi connectivity index (χ4v) is 6.33. The molecule has 0 spiro atoms. The van der Waals surface area contributed by atoms with Crippen molar-refractivity contribution < 1.29 is 37.6 Å². The zero-order valence-corrected chi connectivity index (χ0v) is 37.4. The molecular weight excluding hydrogens is 737 g/mol. The molecule has 328 valence electrons. The van der Waals surface area contributed by atoms with E-state index < -0.39 is 32.5 Å². The molecule has 0 saturated carbocycles. The predicted molar refractivity (Wildman–Crippen MR) is 238 cm³/mol. The molecule has 57 heavy (non-hydrogen) atoms. The van der Waals surface area contributed by atoms with E-state index in [4.69, 9.17) is 18.5 Å². The van der Waals surface area contributed by atoms with Crippen molar-refractivity contribution in [3.05, 3.63) is 72.9 Å². The highest BCUT2D eigenvalue weighted by molar-refractivity contribution is 7.47. The van der Waals surface area contributed by atoms with Crippen molar-refractivity contribution in [1.82, 2.24) is 4.90 Å². The summed E-state index contributed by atoms with van der Waals surface area (Å²) >= 11 is 0. The highest BCUT2D eigenvalue weighted by Crippen LogP contribution is 2.43. The molecule has 0 saturated heterocycles. The first-order valence-corrected chi connectivity index (χ1v) is 23.7. The van der Waals surface area contributed by atoms with Gasteiger partial charge in [-0.3, -0.25) is 18.6 Å². The Balaban J connectivity index is 4.34. The van der Waals surface area contributed by atoms with E-state index >= 15 is 0 Å². The number of likely N-dealkylation sites (N-methyl/N-ethyl adjacent to an activating group) is 1. The van der Waals surface area contributed by atoms with Gasteiger partial charge in [-0.15, -0.1) is 0 Å². The number of phosphoric acid groups is 1. The van der Waals surface area contributed by atoms with E-state index in [1.54, 1.807) is 0 Å². The van der Waals surface area contributed by atoms with Crippen LogP contribution in [-0.4, -0.2) is 68.3 Å². The molecule has 2 unspecified atom stereocenters. The van der Waals surface area contributed by atoms with Gasteiger partial charge < -0.3 is 19.3 Å². The average molecular weight is 820 g/mol. The van der Waals surface area contributed by atoms with Gasteiger partial charge in [0.2, 0.25) is 0 Å². The molecule has 0 aliphatic carbocycles. The second-order valence-corrected chi connectivity index (χ2v) is 16.3. The molecule has 9 nitrogen and oxygen atoms in total. The molecule has 0 rings (SSSR count). The molecule has 0 aromatic rings. The van der Waals surface area contributed by atoms with Crippen LogP contribution in [-0.2, 0) is 32.7 Å². The van der Waals surface area contributed by atoms with Crippen LogP contribution < -0.4 is 0 Å². The van der Waals surface area contributed by atoms with Crippen LogP contribution in [0.1, 0.15) is 168 Å². The molecule has 0 aliphatic heterocycles. The molecule has 2 atom stereocenters. The SMILES string of the molecule is CC/C=C\C/C=C\C/C=C\C/C=C\CCCCC(=O)OCC(COP(=O)(O)OCCN(C)C)OC(=O)CCCCCCCCCCC/C=C\C/C=C\CCCCC. The van der Waals surface area contributed by atoms with Crippen molar-refractivity contribution in [2.75, 3.05) is 40.5 Å². The smallest absolute Gasteiger partial charge is 0.462 e. The zero-order valence-electron chi connectivity index (χ0n) is 36.5. The third-order valence-corrected chi connectivity index (χ3v) is 9.98. The summed E-state index contributed by atoms with van der Waals surface area (Å²) in [6.45, 7) is 4.12. The number of ether oxygens (including phenoxy) is 2. The number of phosphoric ester groups is 1. The van der Waals surface area contributed by atoms with Gasteiger partial charge in [-0.2, -0.15) is 0 Å². The van der Waals surface area contributed by atoms with Gasteiger partial charge in [-0.05, 0) is 97.6 Å². The Morgan fingerprint density at radius 3 is 1.53 bits per heavy atom. The molecule has 0 aliphatic rings. The van der Waals surface area contributed by atoms with Crippen molar-refractivity contribution in [3.8, 4) is 0 Å². The Morgan fingerprint density at radius 2 is 1.00 bits per heavy atom. The maximum absolute atomic E-state index is 12.7. The molecule has 1 N–H and O–H groups in total. The monoisotopic (exact) mass is 820 g/mol. The number of nitrogens with zero attached hydrogens (tertiary/aromatic N) is 1. The van der Waals surface area contributed by atoms with Gasteiger partial charge in [0.25, 0.3) is 0 Å². The quantitative estimate of drug-likeness (QED) is 0.0279. The molecule has 0 amide bonds. The van der Waals surface area contributed by atoms with Crippen LogP contribution in [0.4, 0.5) is 0 Å². The van der Waals surface area contributed by atoms with Crippen molar-refractivity contribution in [2.24, 2.45) is 0 Å². The van der Waals surface area contributed by atoms with E-state index in [-0.39, 0.29) is 26.1 Å². The molecular formula is C47H82NO8P. The third-order valence-electron chi connectivity index (χ3n) is 9.00. The van der Waals surface area contributed by atoms with E-state index in [1.165, 1.54) is 57.8 Å². The third kappa shape index (κ3) is 42.9. The van der Waals surface area contributed by atoms with E-state index in [1.807, 2.05) is 19.0 Å². The van der Waals surface area contributed by atoms with Crippen molar-refractivity contribution in [1.29, 1.82) is 0 Å². The normalized spacial score (nSPS) is 14.1. The van der Waals surface area contributed by atoms with Crippen molar-refractivity contribution in [3.63, 3.8) is 0 Å². The van der Waals surface area contributed by atoms with Crippen molar-refractivity contribution >= 4 is 19.8 Å². The number of hydrogen-bond donors (Lipinski definition) is 1. The molecule has 10 heteroatoms.